The van der Waals surface area contributed by atoms with Crippen LogP contribution >= 0.6 is 0 Å². The van der Waals surface area contributed by atoms with Crippen molar-refractivity contribution in [2.75, 3.05) is 7.05 Å². The molecule has 1 spiro atoms. The number of hydrogen-bond acceptors (Lipinski definition) is 5. The van der Waals surface area contributed by atoms with E-state index < -0.39 is 5.41 Å². The fourth-order valence-corrected chi connectivity index (χ4v) is 8.43. The zero-order valence-electron chi connectivity index (χ0n) is 28.2. The summed E-state index contributed by atoms with van der Waals surface area (Å²) in [6, 6.07) is 49.0. The van der Waals surface area contributed by atoms with Gasteiger partial charge in [-0.2, -0.15) is 0 Å². The fraction of sp³-hybridized carbons (Fsp3) is 0.109. The van der Waals surface area contributed by atoms with Crippen LogP contribution in [-0.2, 0) is 5.41 Å². The number of rotatable bonds is 4. The molecule has 1 aromatic heterocycles. The van der Waals surface area contributed by atoms with Crippen molar-refractivity contribution in [2.24, 2.45) is 9.98 Å². The minimum absolute atomic E-state index is 0.301. The first-order valence-electron chi connectivity index (χ1n) is 17.6. The fourth-order valence-electron chi connectivity index (χ4n) is 8.43. The molecule has 3 heterocycles. The van der Waals surface area contributed by atoms with Crippen molar-refractivity contribution in [2.45, 2.75) is 24.4 Å². The van der Waals surface area contributed by atoms with Gasteiger partial charge in [-0.15, -0.1) is 0 Å². The van der Waals surface area contributed by atoms with E-state index in [1.165, 1.54) is 27.8 Å². The van der Waals surface area contributed by atoms with Gasteiger partial charge < -0.3 is 9.64 Å². The minimum atomic E-state index is -0.469. The molecule has 51 heavy (non-hydrogen) atoms. The van der Waals surface area contributed by atoms with E-state index in [1.807, 2.05) is 42.6 Å². The quantitative estimate of drug-likeness (QED) is 0.190. The summed E-state index contributed by atoms with van der Waals surface area (Å²) in [5.41, 5.74) is 11.9. The van der Waals surface area contributed by atoms with Gasteiger partial charge in [-0.1, -0.05) is 133 Å². The van der Waals surface area contributed by atoms with Crippen molar-refractivity contribution in [1.29, 1.82) is 0 Å². The van der Waals surface area contributed by atoms with Gasteiger partial charge in [-0.25, -0.2) is 9.98 Å². The highest BCUT2D eigenvalue weighted by atomic mass is 16.5. The number of aromatic nitrogens is 1. The standard InChI is InChI=1S/C46H34N4O/c1-50-44(31-17-6-3-7-18-31)48-43(30-15-4-2-5-16-30)49-45(50)32-27-28-40(47-29-32)35-21-14-25-39-42(35)51-41-26-13-12-24-38(41)46(39)36-22-10-8-19-33(36)34-20-9-11-23-37(34)46/h2-11,14-29,45H,12-13H2,1H3. The Balaban J connectivity index is 1.10. The molecule has 0 saturated heterocycles. The van der Waals surface area contributed by atoms with Crippen LogP contribution < -0.4 is 4.74 Å². The molecule has 4 aliphatic rings. The van der Waals surface area contributed by atoms with Crippen LogP contribution in [0.1, 0.15) is 52.4 Å². The highest BCUT2D eigenvalue weighted by molar-refractivity contribution is 6.12. The van der Waals surface area contributed by atoms with E-state index >= 15 is 0 Å². The van der Waals surface area contributed by atoms with Gasteiger partial charge in [-0.3, -0.25) is 4.98 Å². The molecule has 1 unspecified atom stereocenters. The smallest absolute Gasteiger partial charge is 0.159 e. The van der Waals surface area contributed by atoms with Crippen LogP contribution in [0.5, 0.6) is 5.75 Å². The molecule has 0 fully saturated rings. The Morgan fingerprint density at radius 2 is 1.25 bits per heavy atom. The second-order valence-corrected chi connectivity index (χ2v) is 13.5. The lowest BCUT2D eigenvalue weighted by molar-refractivity contribution is 0.382. The number of aliphatic imine (C=N–C) groups is 2. The van der Waals surface area contributed by atoms with Gasteiger partial charge in [0.05, 0.1) is 11.1 Å². The minimum Gasteiger partial charge on any atom is -0.456 e. The molecule has 244 valence electrons. The summed E-state index contributed by atoms with van der Waals surface area (Å²) in [7, 11) is 2.05. The summed E-state index contributed by atoms with van der Waals surface area (Å²) in [6.07, 6.45) is 8.27. The molecule has 0 radical (unpaired) electrons. The zero-order chi connectivity index (χ0) is 33.9. The zero-order valence-corrected chi connectivity index (χ0v) is 28.2. The number of allylic oxidation sites excluding steroid dienone is 3. The second kappa shape index (κ2) is 11.6. The summed E-state index contributed by atoms with van der Waals surface area (Å²) in [5, 5.41) is 0. The highest BCUT2D eigenvalue weighted by Crippen LogP contribution is 2.63. The van der Waals surface area contributed by atoms with Crippen LogP contribution in [0.15, 0.2) is 179 Å². The van der Waals surface area contributed by atoms with Gasteiger partial charge in [0.15, 0.2) is 12.0 Å². The Morgan fingerprint density at radius 1 is 0.627 bits per heavy atom. The topological polar surface area (TPSA) is 50.1 Å². The van der Waals surface area contributed by atoms with Crippen LogP contribution in [0, 0.1) is 0 Å². The maximum absolute atomic E-state index is 6.93. The average molecular weight is 659 g/mol. The number of hydrogen-bond donors (Lipinski definition) is 0. The normalized spacial score (nSPS) is 17.9. The third-order valence-corrected chi connectivity index (χ3v) is 10.7. The second-order valence-electron chi connectivity index (χ2n) is 13.5. The van der Waals surface area contributed by atoms with E-state index in [-0.39, 0.29) is 6.17 Å². The molecular weight excluding hydrogens is 625 g/mol. The summed E-state index contributed by atoms with van der Waals surface area (Å²) in [6.45, 7) is 0. The number of para-hydroxylation sites is 1. The van der Waals surface area contributed by atoms with Gasteiger partial charge in [0.1, 0.15) is 17.3 Å². The van der Waals surface area contributed by atoms with Crippen molar-refractivity contribution in [3.63, 3.8) is 0 Å². The molecular formula is C46H34N4O. The lowest BCUT2D eigenvalue weighted by Crippen LogP contribution is -2.36. The Kier molecular flexibility index (Phi) is 6.75. The molecule has 0 N–H and O–H groups in total. The Labute approximate surface area is 297 Å². The number of fused-ring (bicyclic) bond motifs is 9. The predicted molar refractivity (Wildman–Crippen MR) is 204 cm³/mol. The van der Waals surface area contributed by atoms with E-state index in [0.717, 1.165) is 63.7 Å². The lowest BCUT2D eigenvalue weighted by atomic mass is 9.64. The third kappa shape index (κ3) is 4.44. The number of amidine groups is 2. The molecule has 5 aromatic carbocycles. The molecule has 2 aliphatic heterocycles. The largest absolute Gasteiger partial charge is 0.456 e. The maximum Gasteiger partial charge on any atom is 0.159 e. The van der Waals surface area contributed by atoms with Crippen molar-refractivity contribution in [3.05, 3.63) is 203 Å². The molecule has 0 amide bonds. The van der Waals surface area contributed by atoms with Gasteiger partial charge in [0.2, 0.25) is 0 Å². The predicted octanol–water partition coefficient (Wildman–Crippen LogP) is 9.90. The molecule has 1 atom stereocenters. The van der Waals surface area contributed by atoms with Gasteiger partial charge in [0, 0.05) is 46.6 Å². The van der Waals surface area contributed by atoms with Crippen LogP contribution in [0.2, 0.25) is 0 Å². The lowest BCUT2D eigenvalue weighted by Gasteiger charge is -2.42. The van der Waals surface area contributed by atoms with Gasteiger partial charge in [0.25, 0.3) is 0 Å². The SMILES string of the molecule is CN1C(c2ccccc2)=NC(c2ccccc2)=NC1c1ccc(-c2cccc3c2OC2=CCCC=C2C32c3ccccc3-c3ccccc32)nc1. The molecule has 10 rings (SSSR count). The van der Waals surface area contributed by atoms with E-state index in [2.05, 4.69) is 127 Å². The summed E-state index contributed by atoms with van der Waals surface area (Å²) >= 11 is 0. The number of benzene rings is 5. The van der Waals surface area contributed by atoms with Crippen molar-refractivity contribution in [3.8, 4) is 28.1 Å². The van der Waals surface area contributed by atoms with Gasteiger partial charge in [-0.05, 0) is 53.3 Å². The van der Waals surface area contributed by atoms with Crippen molar-refractivity contribution >= 4 is 11.7 Å². The number of nitrogens with zero attached hydrogens (tertiary/aromatic N) is 4. The molecule has 2 aliphatic carbocycles. The van der Waals surface area contributed by atoms with Crippen LogP contribution in [0.4, 0.5) is 0 Å². The third-order valence-electron chi connectivity index (χ3n) is 10.7. The summed E-state index contributed by atoms with van der Waals surface area (Å²) < 4.78 is 6.93. The van der Waals surface area contributed by atoms with E-state index in [1.54, 1.807) is 0 Å². The van der Waals surface area contributed by atoms with Crippen LogP contribution in [0.25, 0.3) is 22.4 Å². The van der Waals surface area contributed by atoms with Crippen LogP contribution in [-0.4, -0.2) is 28.6 Å². The summed E-state index contributed by atoms with van der Waals surface area (Å²) in [4.78, 5) is 17.5. The highest BCUT2D eigenvalue weighted by Gasteiger charge is 2.53. The van der Waals surface area contributed by atoms with E-state index in [9.17, 15) is 0 Å². The van der Waals surface area contributed by atoms with Crippen molar-refractivity contribution in [1.82, 2.24) is 9.88 Å². The van der Waals surface area contributed by atoms with E-state index in [0.29, 0.717) is 5.84 Å². The Morgan fingerprint density at radius 3 is 1.96 bits per heavy atom. The molecule has 0 bridgehead atoms. The number of pyridine rings is 1. The van der Waals surface area contributed by atoms with Crippen LogP contribution in [0.3, 0.4) is 0 Å². The summed E-state index contributed by atoms with van der Waals surface area (Å²) in [5.74, 6) is 3.39. The average Bonchev–Trinajstić information content (AvgIpc) is 3.49. The van der Waals surface area contributed by atoms with E-state index in [4.69, 9.17) is 19.7 Å². The van der Waals surface area contributed by atoms with Gasteiger partial charge >= 0.3 is 0 Å². The first-order valence-corrected chi connectivity index (χ1v) is 17.6. The maximum atomic E-state index is 6.93. The Bertz CT molecular complexity index is 2410. The Hall–Kier alpha value is -6.33. The first kappa shape index (κ1) is 29.6. The first-order chi connectivity index (χ1) is 25.2. The molecule has 6 aromatic rings. The molecule has 5 nitrogen and oxygen atoms in total. The number of ether oxygens (including phenoxy) is 1. The van der Waals surface area contributed by atoms with Crippen molar-refractivity contribution < 1.29 is 4.74 Å². The monoisotopic (exact) mass is 658 g/mol. The molecule has 0 saturated carbocycles. The molecule has 5 heteroatoms.